The molecule has 1 aliphatic rings. The molecule has 7 heteroatoms. The van der Waals surface area contributed by atoms with E-state index in [-0.39, 0.29) is 17.6 Å². The van der Waals surface area contributed by atoms with E-state index in [2.05, 4.69) is 15.9 Å². The molecule has 0 spiro atoms. The third-order valence-corrected chi connectivity index (χ3v) is 4.60. The highest BCUT2D eigenvalue weighted by molar-refractivity contribution is 9.10. The number of carbonyl (C=O) groups excluding carboxylic acids is 1. The summed E-state index contributed by atoms with van der Waals surface area (Å²) in [6.07, 6.45) is -3.57. The summed E-state index contributed by atoms with van der Waals surface area (Å²) in [7, 11) is 0. The summed E-state index contributed by atoms with van der Waals surface area (Å²) < 4.78 is 47.0. The van der Waals surface area contributed by atoms with Gasteiger partial charge in [0.1, 0.15) is 5.60 Å². The van der Waals surface area contributed by atoms with Gasteiger partial charge in [0, 0.05) is 10.5 Å². The number of nitrogens with zero attached hydrogens (tertiary/aromatic N) is 1. The van der Waals surface area contributed by atoms with Crippen LogP contribution in [-0.2, 0) is 17.3 Å². The van der Waals surface area contributed by atoms with Crippen molar-refractivity contribution in [2.75, 3.05) is 4.90 Å². The van der Waals surface area contributed by atoms with Crippen LogP contribution in [0.25, 0.3) is 0 Å². The number of ether oxygens (including phenoxy) is 1. The number of fused-ring (bicyclic) bond motifs is 1. The normalized spacial score (nSPS) is 18.1. The third kappa shape index (κ3) is 4.93. The fourth-order valence-electron chi connectivity index (χ4n) is 3.30. The molecule has 0 aromatic heterocycles. The molecule has 0 aliphatic carbocycles. The summed E-state index contributed by atoms with van der Waals surface area (Å²) in [5, 5.41) is 0. The van der Waals surface area contributed by atoms with Gasteiger partial charge in [-0.2, -0.15) is 13.2 Å². The predicted octanol–water partition coefficient (Wildman–Crippen LogP) is 6.57. The van der Waals surface area contributed by atoms with Crippen LogP contribution >= 0.6 is 15.9 Å². The van der Waals surface area contributed by atoms with E-state index in [1.54, 1.807) is 26.8 Å². The van der Waals surface area contributed by atoms with Crippen molar-refractivity contribution in [1.29, 1.82) is 0 Å². The maximum atomic E-state index is 13.7. The molecule has 0 radical (unpaired) electrons. The van der Waals surface area contributed by atoms with E-state index < -0.39 is 23.4 Å². The van der Waals surface area contributed by atoms with E-state index >= 15 is 0 Å². The highest BCUT2D eigenvalue weighted by atomic mass is 79.9. The van der Waals surface area contributed by atoms with Gasteiger partial charge in [0.05, 0.1) is 11.3 Å². The number of benzene rings is 1. The molecule has 0 N–H and O–H groups in total. The Hall–Kier alpha value is -1.24. The number of rotatable bonds is 2. The minimum Gasteiger partial charge on any atom is -0.443 e. The number of halogens is 4. The van der Waals surface area contributed by atoms with Crippen molar-refractivity contribution in [3.63, 3.8) is 0 Å². The van der Waals surface area contributed by atoms with E-state index in [9.17, 15) is 18.0 Å². The number of hydrogen-bond donors (Lipinski definition) is 0. The topological polar surface area (TPSA) is 29.5 Å². The van der Waals surface area contributed by atoms with Crippen molar-refractivity contribution in [2.24, 2.45) is 5.92 Å². The molecule has 1 amide bonds. The first-order valence-corrected chi connectivity index (χ1v) is 9.50. The Kier molecular flexibility index (Phi) is 6.00. The lowest BCUT2D eigenvalue weighted by molar-refractivity contribution is -0.137. The van der Waals surface area contributed by atoms with Crippen LogP contribution in [0.3, 0.4) is 0 Å². The average Bonchev–Trinajstić information content (AvgIpc) is 2.42. The van der Waals surface area contributed by atoms with E-state index in [0.29, 0.717) is 29.3 Å². The molecule has 26 heavy (non-hydrogen) atoms. The van der Waals surface area contributed by atoms with Gasteiger partial charge in [-0.05, 0) is 63.6 Å². The minimum atomic E-state index is -4.56. The Labute approximate surface area is 161 Å². The largest absolute Gasteiger partial charge is 0.443 e. The van der Waals surface area contributed by atoms with Gasteiger partial charge in [0.25, 0.3) is 0 Å². The monoisotopic (exact) mass is 435 g/mol. The van der Waals surface area contributed by atoms with Gasteiger partial charge >= 0.3 is 12.3 Å². The summed E-state index contributed by atoms with van der Waals surface area (Å²) >= 11 is 3.16. The van der Waals surface area contributed by atoms with Gasteiger partial charge in [-0.15, -0.1) is 0 Å². The number of carbonyl (C=O) groups is 1. The molecular weight excluding hydrogens is 411 g/mol. The van der Waals surface area contributed by atoms with Crippen LogP contribution in [0.1, 0.15) is 58.6 Å². The first-order valence-electron chi connectivity index (χ1n) is 8.71. The molecule has 1 heterocycles. The number of anilines is 1. The maximum Gasteiger partial charge on any atom is 0.418 e. The maximum absolute atomic E-state index is 13.7. The third-order valence-electron chi connectivity index (χ3n) is 4.15. The van der Waals surface area contributed by atoms with Crippen LogP contribution in [0, 0.1) is 5.92 Å². The molecule has 0 saturated heterocycles. The van der Waals surface area contributed by atoms with E-state index in [4.69, 9.17) is 4.74 Å². The molecule has 3 nitrogen and oxygen atoms in total. The lowest BCUT2D eigenvalue weighted by atomic mass is 9.89. The summed E-state index contributed by atoms with van der Waals surface area (Å²) in [4.78, 5) is 14.1. The Bertz CT molecular complexity index is 681. The van der Waals surface area contributed by atoms with Crippen molar-refractivity contribution in [3.8, 4) is 0 Å². The number of hydrogen-bond acceptors (Lipinski definition) is 2. The van der Waals surface area contributed by atoms with Gasteiger partial charge < -0.3 is 4.74 Å². The van der Waals surface area contributed by atoms with Gasteiger partial charge in [0.15, 0.2) is 0 Å². The van der Waals surface area contributed by atoms with Crippen molar-refractivity contribution in [1.82, 2.24) is 0 Å². The van der Waals surface area contributed by atoms with Crippen molar-refractivity contribution < 1.29 is 22.7 Å². The van der Waals surface area contributed by atoms with Crippen LogP contribution < -0.4 is 4.90 Å². The molecule has 1 aliphatic heterocycles. The van der Waals surface area contributed by atoms with Crippen LogP contribution in [0.2, 0.25) is 0 Å². The van der Waals surface area contributed by atoms with Crippen molar-refractivity contribution in [3.05, 3.63) is 27.7 Å². The number of amides is 1. The van der Waals surface area contributed by atoms with Crippen LogP contribution in [-0.4, -0.2) is 17.7 Å². The summed E-state index contributed by atoms with van der Waals surface area (Å²) in [6, 6.07) is 2.38. The second-order valence-corrected chi connectivity index (χ2v) is 9.05. The van der Waals surface area contributed by atoms with Gasteiger partial charge in [-0.25, -0.2) is 4.79 Å². The van der Waals surface area contributed by atoms with E-state index in [0.717, 1.165) is 6.07 Å². The highest BCUT2D eigenvalue weighted by Crippen LogP contribution is 2.45. The molecule has 0 saturated carbocycles. The average molecular weight is 436 g/mol. The standard InChI is InChI=1S/C19H25BrF3NO2/c1-11(2)8-14-7-6-12-9-13(20)10-15(19(21,22)23)16(12)24(14)17(25)26-18(3,4)5/h9-11,14H,6-8H2,1-5H3. The summed E-state index contributed by atoms with van der Waals surface area (Å²) in [5.41, 5.74) is -1.14. The van der Waals surface area contributed by atoms with E-state index in [1.807, 2.05) is 13.8 Å². The Morgan fingerprint density at radius 1 is 1.31 bits per heavy atom. The smallest absolute Gasteiger partial charge is 0.418 e. The minimum absolute atomic E-state index is 0.0631. The fraction of sp³-hybridized carbons (Fsp3) is 0.632. The molecule has 0 fully saturated rings. The number of aryl methyl sites for hydroxylation is 1. The molecule has 1 aromatic carbocycles. The van der Waals surface area contributed by atoms with Gasteiger partial charge in [-0.3, -0.25) is 4.90 Å². The first kappa shape index (κ1) is 21.1. The quantitative estimate of drug-likeness (QED) is 0.525. The van der Waals surface area contributed by atoms with Gasteiger partial charge in [0.2, 0.25) is 0 Å². The van der Waals surface area contributed by atoms with Crippen molar-refractivity contribution >= 4 is 27.7 Å². The molecule has 1 aromatic rings. The summed E-state index contributed by atoms with van der Waals surface area (Å²) in [5.74, 6) is 0.247. The zero-order valence-corrected chi connectivity index (χ0v) is 17.3. The molecular formula is C19H25BrF3NO2. The molecule has 146 valence electrons. The Balaban J connectivity index is 2.61. The highest BCUT2D eigenvalue weighted by Gasteiger charge is 2.42. The summed E-state index contributed by atoms with van der Waals surface area (Å²) in [6.45, 7) is 9.11. The van der Waals surface area contributed by atoms with Crippen LogP contribution in [0.15, 0.2) is 16.6 Å². The fourth-order valence-corrected chi connectivity index (χ4v) is 3.80. The zero-order chi connectivity index (χ0) is 19.9. The second kappa shape index (κ2) is 7.41. The molecule has 1 unspecified atom stereocenters. The predicted molar refractivity (Wildman–Crippen MR) is 99.4 cm³/mol. The Morgan fingerprint density at radius 2 is 1.92 bits per heavy atom. The lowest BCUT2D eigenvalue weighted by Gasteiger charge is -2.40. The van der Waals surface area contributed by atoms with E-state index in [1.165, 1.54) is 4.90 Å². The first-order chi connectivity index (χ1) is 11.8. The molecule has 1 atom stereocenters. The molecule has 2 rings (SSSR count). The van der Waals surface area contributed by atoms with Crippen LogP contribution in [0.4, 0.5) is 23.7 Å². The van der Waals surface area contributed by atoms with Gasteiger partial charge in [-0.1, -0.05) is 29.8 Å². The number of alkyl halides is 3. The Morgan fingerprint density at radius 3 is 2.42 bits per heavy atom. The zero-order valence-electron chi connectivity index (χ0n) is 15.7. The van der Waals surface area contributed by atoms with Crippen molar-refractivity contribution in [2.45, 2.75) is 71.7 Å². The molecule has 0 bridgehead atoms. The lowest BCUT2D eigenvalue weighted by Crippen LogP contribution is -2.47. The SMILES string of the molecule is CC(C)CC1CCc2cc(Br)cc(C(F)(F)F)c2N1C(=O)OC(C)(C)C. The second-order valence-electron chi connectivity index (χ2n) is 8.13. The van der Waals surface area contributed by atoms with Crippen LogP contribution in [0.5, 0.6) is 0 Å².